The van der Waals surface area contributed by atoms with Gasteiger partial charge in [0.2, 0.25) is 0 Å². The summed E-state index contributed by atoms with van der Waals surface area (Å²) >= 11 is 0. The highest BCUT2D eigenvalue weighted by Crippen LogP contribution is 2.37. The predicted octanol–water partition coefficient (Wildman–Crippen LogP) is 2.06. The first-order valence-corrected chi connectivity index (χ1v) is 5.06. The van der Waals surface area contributed by atoms with Crippen LogP contribution in [0.1, 0.15) is 18.5 Å². The zero-order valence-corrected chi connectivity index (χ0v) is 9.34. The smallest absolute Gasteiger partial charge is 0.187 e. The standard InChI is InChI=1S/C12H16N2O/c1-12(14(2)3)11(13-9-15-12)10-7-5-4-6-8-10/h4-9,11H,1-3H3. The minimum Gasteiger partial charge on any atom is -0.460 e. The van der Waals surface area contributed by atoms with Crippen LogP contribution in [0.4, 0.5) is 0 Å². The van der Waals surface area contributed by atoms with E-state index in [0.29, 0.717) is 0 Å². The first-order valence-electron chi connectivity index (χ1n) is 5.06. The highest BCUT2D eigenvalue weighted by Gasteiger charge is 2.42. The Labute approximate surface area is 90.4 Å². The van der Waals surface area contributed by atoms with Crippen molar-refractivity contribution < 1.29 is 4.74 Å². The maximum Gasteiger partial charge on any atom is 0.187 e. The molecule has 1 aromatic rings. The fourth-order valence-corrected chi connectivity index (χ4v) is 1.78. The van der Waals surface area contributed by atoms with Crippen molar-refractivity contribution >= 4 is 6.40 Å². The summed E-state index contributed by atoms with van der Waals surface area (Å²) in [5.74, 6) is 0. The van der Waals surface area contributed by atoms with Gasteiger partial charge in [-0.15, -0.1) is 0 Å². The van der Waals surface area contributed by atoms with Crippen LogP contribution in [0, 0.1) is 0 Å². The average Bonchev–Trinajstić information content (AvgIpc) is 2.63. The van der Waals surface area contributed by atoms with E-state index in [1.54, 1.807) is 6.40 Å². The van der Waals surface area contributed by atoms with E-state index in [9.17, 15) is 0 Å². The van der Waals surface area contributed by atoms with Crippen molar-refractivity contribution in [3.05, 3.63) is 35.9 Å². The Kier molecular flexibility index (Phi) is 2.49. The molecule has 0 fully saturated rings. The third-order valence-electron chi connectivity index (χ3n) is 3.01. The molecule has 0 bridgehead atoms. The molecule has 0 amide bonds. The molecule has 2 unspecified atom stereocenters. The number of benzene rings is 1. The summed E-state index contributed by atoms with van der Waals surface area (Å²) in [6, 6.07) is 10.3. The van der Waals surface area contributed by atoms with Crippen LogP contribution in [0.15, 0.2) is 35.3 Å². The van der Waals surface area contributed by atoms with E-state index >= 15 is 0 Å². The average molecular weight is 204 g/mol. The second-order valence-electron chi connectivity index (χ2n) is 4.13. The van der Waals surface area contributed by atoms with Crippen molar-refractivity contribution in [2.75, 3.05) is 14.1 Å². The molecule has 80 valence electrons. The van der Waals surface area contributed by atoms with E-state index in [-0.39, 0.29) is 11.8 Å². The predicted molar refractivity (Wildman–Crippen MR) is 60.9 cm³/mol. The van der Waals surface area contributed by atoms with Crippen LogP contribution in [0.25, 0.3) is 0 Å². The van der Waals surface area contributed by atoms with Gasteiger partial charge in [-0.1, -0.05) is 30.3 Å². The minimum atomic E-state index is -0.374. The number of aliphatic imine (C=N–C) groups is 1. The monoisotopic (exact) mass is 204 g/mol. The molecule has 3 heteroatoms. The van der Waals surface area contributed by atoms with Gasteiger partial charge < -0.3 is 4.74 Å². The van der Waals surface area contributed by atoms with Crippen LogP contribution in [0.3, 0.4) is 0 Å². The number of ether oxygens (including phenoxy) is 1. The highest BCUT2D eigenvalue weighted by molar-refractivity contribution is 5.52. The second-order valence-corrected chi connectivity index (χ2v) is 4.13. The molecular weight excluding hydrogens is 188 g/mol. The van der Waals surface area contributed by atoms with Crippen molar-refractivity contribution in [2.24, 2.45) is 4.99 Å². The Morgan fingerprint density at radius 3 is 2.53 bits per heavy atom. The molecule has 0 aliphatic carbocycles. The van der Waals surface area contributed by atoms with Crippen molar-refractivity contribution in [3.8, 4) is 0 Å². The molecule has 2 atom stereocenters. The van der Waals surface area contributed by atoms with Crippen molar-refractivity contribution in [1.82, 2.24) is 4.90 Å². The van der Waals surface area contributed by atoms with Crippen LogP contribution in [-0.4, -0.2) is 31.1 Å². The second kappa shape index (κ2) is 3.66. The summed E-state index contributed by atoms with van der Waals surface area (Å²) in [5.41, 5.74) is 0.809. The Morgan fingerprint density at radius 1 is 1.27 bits per heavy atom. The van der Waals surface area contributed by atoms with Crippen molar-refractivity contribution in [2.45, 2.75) is 18.7 Å². The Hall–Kier alpha value is -1.35. The SMILES string of the molecule is CN(C)C1(C)OC=NC1c1ccccc1. The number of likely N-dealkylation sites (N-methyl/N-ethyl adjacent to an activating group) is 1. The van der Waals surface area contributed by atoms with Gasteiger partial charge in [-0.05, 0) is 26.6 Å². The summed E-state index contributed by atoms with van der Waals surface area (Å²) in [4.78, 5) is 6.44. The van der Waals surface area contributed by atoms with Crippen LogP contribution in [0.2, 0.25) is 0 Å². The van der Waals surface area contributed by atoms with Gasteiger partial charge in [-0.25, -0.2) is 4.99 Å². The lowest BCUT2D eigenvalue weighted by molar-refractivity contribution is -0.0494. The van der Waals surface area contributed by atoms with Gasteiger partial charge in [0, 0.05) is 0 Å². The molecule has 1 aliphatic heterocycles. The highest BCUT2D eigenvalue weighted by atomic mass is 16.5. The van der Waals surface area contributed by atoms with Crippen molar-refractivity contribution in [1.29, 1.82) is 0 Å². The number of hydrogen-bond acceptors (Lipinski definition) is 3. The maximum absolute atomic E-state index is 5.60. The molecule has 15 heavy (non-hydrogen) atoms. The van der Waals surface area contributed by atoms with E-state index in [1.807, 2.05) is 32.3 Å². The summed E-state index contributed by atoms with van der Waals surface area (Å²) < 4.78 is 5.60. The van der Waals surface area contributed by atoms with Gasteiger partial charge in [0.05, 0.1) is 0 Å². The lowest BCUT2D eigenvalue weighted by atomic mass is 9.97. The molecule has 1 aliphatic rings. The molecule has 0 N–H and O–H groups in total. The fourth-order valence-electron chi connectivity index (χ4n) is 1.78. The quantitative estimate of drug-likeness (QED) is 0.736. The molecule has 3 nitrogen and oxygen atoms in total. The molecule has 1 heterocycles. The van der Waals surface area contributed by atoms with Gasteiger partial charge in [0.1, 0.15) is 6.04 Å². The van der Waals surface area contributed by atoms with Gasteiger partial charge >= 0.3 is 0 Å². The molecule has 0 aromatic heterocycles. The lowest BCUT2D eigenvalue weighted by Gasteiger charge is -2.35. The molecule has 2 rings (SSSR count). The van der Waals surface area contributed by atoms with E-state index in [1.165, 1.54) is 5.56 Å². The molecule has 0 saturated heterocycles. The van der Waals surface area contributed by atoms with E-state index in [2.05, 4.69) is 28.9 Å². The van der Waals surface area contributed by atoms with Gasteiger partial charge in [-0.3, -0.25) is 4.90 Å². The van der Waals surface area contributed by atoms with Crippen LogP contribution in [-0.2, 0) is 4.74 Å². The van der Waals surface area contributed by atoms with Gasteiger partial charge in [-0.2, -0.15) is 0 Å². The zero-order chi connectivity index (χ0) is 10.9. The van der Waals surface area contributed by atoms with Crippen LogP contribution >= 0.6 is 0 Å². The van der Waals surface area contributed by atoms with Gasteiger partial charge in [0.15, 0.2) is 12.1 Å². The first-order chi connectivity index (χ1) is 7.14. The first kappa shape index (κ1) is 10.2. The largest absolute Gasteiger partial charge is 0.460 e. The minimum absolute atomic E-state index is 0.0497. The third kappa shape index (κ3) is 1.63. The fraction of sp³-hybridized carbons (Fsp3) is 0.417. The lowest BCUT2D eigenvalue weighted by Crippen LogP contribution is -2.45. The molecular formula is C12H16N2O. The summed E-state index contributed by atoms with van der Waals surface area (Å²) in [7, 11) is 4.01. The summed E-state index contributed by atoms with van der Waals surface area (Å²) in [6.07, 6.45) is 1.55. The van der Waals surface area contributed by atoms with E-state index < -0.39 is 0 Å². The van der Waals surface area contributed by atoms with E-state index in [4.69, 9.17) is 4.74 Å². The maximum atomic E-state index is 5.60. The Balaban J connectivity index is 2.33. The summed E-state index contributed by atoms with van der Waals surface area (Å²) in [5, 5.41) is 0. The van der Waals surface area contributed by atoms with Crippen LogP contribution in [0.5, 0.6) is 0 Å². The molecule has 1 aromatic carbocycles. The Bertz CT molecular complexity index is 361. The Morgan fingerprint density at radius 2 is 1.93 bits per heavy atom. The van der Waals surface area contributed by atoms with Crippen molar-refractivity contribution in [3.63, 3.8) is 0 Å². The number of nitrogens with zero attached hydrogens (tertiary/aromatic N) is 2. The normalized spacial score (nSPS) is 29.5. The molecule has 0 radical (unpaired) electrons. The van der Waals surface area contributed by atoms with Gasteiger partial charge in [0.25, 0.3) is 0 Å². The number of hydrogen-bond donors (Lipinski definition) is 0. The molecule has 0 saturated carbocycles. The topological polar surface area (TPSA) is 24.8 Å². The number of rotatable bonds is 2. The van der Waals surface area contributed by atoms with E-state index in [0.717, 1.165) is 0 Å². The summed E-state index contributed by atoms with van der Waals surface area (Å²) in [6.45, 7) is 2.05. The molecule has 0 spiro atoms. The third-order valence-corrected chi connectivity index (χ3v) is 3.01. The van der Waals surface area contributed by atoms with Crippen LogP contribution < -0.4 is 0 Å². The zero-order valence-electron chi connectivity index (χ0n) is 9.34.